The number of aliphatic carboxylic acids is 2. The van der Waals surface area contributed by atoms with Gasteiger partial charge in [-0.05, 0) is 5.56 Å². The van der Waals surface area contributed by atoms with Crippen molar-refractivity contribution in [1.29, 1.82) is 0 Å². The molecular weight excluding hydrogens is 372 g/mol. The van der Waals surface area contributed by atoms with Crippen LogP contribution in [0.2, 0.25) is 0 Å². The molecule has 0 spiro atoms. The Hall–Kier alpha value is -3.47. The third kappa shape index (κ3) is 7.83. The second kappa shape index (κ2) is 10.6. The molecule has 0 saturated heterocycles. The zero-order chi connectivity index (χ0) is 21.3. The molecule has 0 bridgehead atoms. The fraction of sp³-hybridized carbons (Fsp3) is 0.353. The van der Waals surface area contributed by atoms with E-state index in [1.807, 2.05) is 0 Å². The highest BCUT2D eigenvalue weighted by Gasteiger charge is 2.29. The van der Waals surface area contributed by atoms with E-state index in [9.17, 15) is 29.1 Å². The Morgan fingerprint density at radius 1 is 0.893 bits per heavy atom. The van der Waals surface area contributed by atoms with Crippen molar-refractivity contribution in [3.05, 3.63) is 35.9 Å². The number of rotatable bonds is 11. The summed E-state index contributed by atoms with van der Waals surface area (Å²) in [5.41, 5.74) is 11.1. The van der Waals surface area contributed by atoms with Crippen molar-refractivity contribution < 1.29 is 34.2 Å². The van der Waals surface area contributed by atoms with Crippen LogP contribution in [-0.4, -0.2) is 58.0 Å². The van der Waals surface area contributed by atoms with Gasteiger partial charge in [0.25, 0.3) is 0 Å². The van der Waals surface area contributed by atoms with Gasteiger partial charge in [0.2, 0.25) is 17.7 Å². The Balaban J connectivity index is 2.86. The summed E-state index contributed by atoms with van der Waals surface area (Å²) < 4.78 is 0. The van der Waals surface area contributed by atoms with Gasteiger partial charge < -0.3 is 32.3 Å². The maximum absolute atomic E-state index is 12.4. The lowest BCUT2D eigenvalue weighted by molar-refractivity contribution is -0.143. The first kappa shape index (κ1) is 22.6. The quantitative estimate of drug-likeness (QED) is 0.246. The number of amides is 3. The van der Waals surface area contributed by atoms with Gasteiger partial charge in [-0.1, -0.05) is 30.3 Å². The van der Waals surface area contributed by atoms with Crippen LogP contribution in [0.15, 0.2) is 30.3 Å². The third-order valence-corrected chi connectivity index (χ3v) is 3.67. The van der Waals surface area contributed by atoms with Crippen LogP contribution in [0.3, 0.4) is 0 Å². The molecule has 11 heteroatoms. The molecular formula is C17H22N4O7. The van der Waals surface area contributed by atoms with Crippen molar-refractivity contribution in [1.82, 2.24) is 10.6 Å². The summed E-state index contributed by atoms with van der Waals surface area (Å²) in [4.78, 5) is 57.6. The minimum absolute atomic E-state index is 0.0301. The fourth-order valence-corrected chi connectivity index (χ4v) is 2.29. The Kier molecular flexibility index (Phi) is 8.56. The van der Waals surface area contributed by atoms with Crippen LogP contribution in [0, 0.1) is 0 Å². The van der Waals surface area contributed by atoms with Crippen LogP contribution in [0.4, 0.5) is 0 Å². The molecule has 0 unspecified atom stereocenters. The van der Waals surface area contributed by atoms with E-state index in [0.717, 1.165) is 0 Å². The van der Waals surface area contributed by atoms with Gasteiger partial charge in [0.15, 0.2) is 0 Å². The summed E-state index contributed by atoms with van der Waals surface area (Å²) in [5.74, 6) is -5.52. The van der Waals surface area contributed by atoms with Gasteiger partial charge in [-0.15, -0.1) is 0 Å². The van der Waals surface area contributed by atoms with Gasteiger partial charge in [-0.2, -0.15) is 0 Å². The second-order valence-corrected chi connectivity index (χ2v) is 6.03. The summed E-state index contributed by atoms with van der Waals surface area (Å²) >= 11 is 0. The fourth-order valence-electron chi connectivity index (χ4n) is 2.29. The zero-order valence-corrected chi connectivity index (χ0v) is 14.8. The SMILES string of the molecule is NC(=O)C[C@H](NC(=O)[C@@H](N)CC(=O)O)C(=O)N[C@@H](Cc1ccccc1)C(=O)O. The predicted molar refractivity (Wildman–Crippen MR) is 95.7 cm³/mol. The lowest BCUT2D eigenvalue weighted by atomic mass is 10.0. The second-order valence-electron chi connectivity index (χ2n) is 6.03. The first-order valence-electron chi connectivity index (χ1n) is 8.23. The number of hydrogen-bond acceptors (Lipinski definition) is 6. The average Bonchev–Trinajstić information content (AvgIpc) is 2.60. The lowest BCUT2D eigenvalue weighted by Crippen LogP contribution is -2.56. The highest BCUT2D eigenvalue weighted by atomic mass is 16.4. The minimum Gasteiger partial charge on any atom is -0.481 e. The molecule has 8 N–H and O–H groups in total. The van der Waals surface area contributed by atoms with E-state index in [4.69, 9.17) is 16.6 Å². The maximum Gasteiger partial charge on any atom is 0.326 e. The number of nitrogens with one attached hydrogen (secondary N) is 2. The molecule has 3 amide bonds. The molecule has 3 atom stereocenters. The molecule has 0 aliphatic rings. The number of carbonyl (C=O) groups excluding carboxylic acids is 3. The van der Waals surface area contributed by atoms with Gasteiger partial charge in [-0.3, -0.25) is 19.2 Å². The van der Waals surface area contributed by atoms with Gasteiger partial charge in [0.1, 0.15) is 12.1 Å². The standard InChI is InChI=1S/C17H22N4O7/c18-10(7-14(23)24)15(25)20-11(8-13(19)22)16(26)21-12(17(27)28)6-9-4-2-1-3-5-9/h1-5,10-12H,6-8,18H2,(H2,19,22)(H,20,25)(H,21,26)(H,23,24)(H,27,28)/t10-,11-,12-/m0/s1. The monoisotopic (exact) mass is 394 g/mol. The van der Waals surface area contributed by atoms with Gasteiger partial charge >= 0.3 is 11.9 Å². The summed E-state index contributed by atoms with van der Waals surface area (Å²) in [6.07, 6.45) is -1.34. The zero-order valence-electron chi connectivity index (χ0n) is 14.8. The molecule has 0 aliphatic carbocycles. The van der Waals surface area contributed by atoms with Crippen LogP contribution in [0.1, 0.15) is 18.4 Å². The van der Waals surface area contributed by atoms with E-state index in [1.54, 1.807) is 30.3 Å². The van der Waals surface area contributed by atoms with Crippen molar-refractivity contribution in [2.24, 2.45) is 11.5 Å². The molecule has 0 saturated carbocycles. The van der Waals surface area contributed by atoms with E-state index in [-0.39, 0.29) is 6.42 Å². The number of carbonyl (C=O) groups is 5. The summed E-state index contributed by atoms with van der Waals surface area (Å²) in [7, 11) is 0. The highest BCUT2D eigenvalue weighted by molar-refractivity contribution is 5.95. The maximum atomic E-state index is 12.4. The molecule has 1 aromatic rings. The average molecular weight is 394 g/mol. The molecule has 1 aromatic carbocycles. The first-order chi connectivity index (χ1) is 13.1. The topological polar surface area (TPSA) is 202 Å². The molecule has 11 nitrogen and oxygen atoms in total. The van der Waals surface area contributed by atoms with Gasteiger partial charge in [-0.25, -0.2) is 4.79 Å². The van der Waals surface area contributed by atoms with Crippen LogP contribution in [0.25, 0.3) is 0 Å². The largest absolute Gasteiger partial charge is 0.481 e. The lowest BCUT2D eigenvalue weighted by Gasteiger charge is -2.22. The van der Waals surface area contributed by atoms with E-state index < -0.39 is 60.6 Å². The number of nitrogens with two attached hydrogens (primary N) is 2. The smallest absolute Gasteiger partial charge is 0.326 e. The van der Waals surface area contributed by atoms with Crippen LogP contribution < -0.4 is 22.1 Å². The van der Waals surface area contributed by atoms with Crippen molar-refractivity contribution in [3.63, 3.8) is 0 Å². The molecule has 0 fully saturated rings. The summed E-state index contributed by atoms with van der Waals surface area (Å²) in [6, 6.07) is 4.23. The number of carboxylic acid groups (broad SMARTS) is 2. The Morgan fingerprint density at radius 3 is 1.96 bits per heavy atom. The molecule has 0 radical (unpaired) electrons. The number of primary amides is 1. The van der Waals surface area contributed by atoms with E-state index in [2.05, 4.69) is 10.6 Å². The van der Waals surface area contributed by atoms with Gasteiger partial charge in [0, 0.05) is 6.42 Å². The first-order valence-corrected chi connectivity index (χ1v) is 8.23. The predicted octanol–water partition coefficient (Wildman–Crippen LogP) is -2.04. The molecule has 28 heavy (non-hydrogen) atoms. The third-order valence-electron chi connectivity index (χ3n) is 3.67. The van der Waals surface area contributed by atoms with Crippen LogP contribution in [0.5, 0.6) is 0 Å². The summed E-state index contributed by atoms with van der Waals surface area (Å²) in [6.45, 7) is 0. The van der Waals surface area contributed by atoms with E-state index in [1.165, 1.54) is 0 Å². The molecule has 1 rings (SSSR count). The minimum atomic E-state index is -1.50. The van der Waals surface area contributed by atoms with Crippen molar-refractivity contribution in [3.8, 4) is 0 Å². The van der Waals surface area contributed by atoms with E-state index >= 15 is 0 Å². The molecule has 152 valence electrons. The van der Waals surface area contributed by atoms with Crippen LogP contribution in [-0.2, 0) is 30.4 Å². The summed E-state index contributed by atoms with van der Waals surface area (Å²) in [5, 5.41) is 22.4. The molecule has 0 aliphatic heterocycles. The molecule has 0 heterocycles. The highest BCUT2D eigenvalue weighted by Crippen LogP contribution is 2.05. The van der Waals surface area contributed by atoms with Crippen molar-refractivity contribution >= 4 is 29.7 Å². The molecule has 0 aromatic heterocycles. The van der Waals surface area contributed by atoms with Crippen molar-refractivity contribution in [2.45, 2.75) is 37.4 Å². The Labute approximate surface area is 160 Å². The van der Waals surface area contributed by atoms with Crippen molar-refractivity contribution in [2.75, 3.05) is 0 Å². The number of benzene rings is 1. The van der Waals surface area contributed by atoms with Crippen LogP contribution >= 0.6 is 0 Å². The Morgan fingerprint density at radius 2 is 1.46 bits per heavy atom. The Bertz CT molecular complexity index is 738. The van der Waals surface area contributed by atoms with Gasteiger partial charge in [0.05, 0.1) is 18.9 Å². The number of hydrogen-bond donors (Lipinski definition) is 6. The van der Waals surface area contributed by atoms with E-state index in [0.29, 0.717) is 5.56 Å². The normalized spacial score (nSPS) is 13.6. The number of carboxylic acids is 2.